The fraction of sp³-hybridized carbons (Fsp3) is 0.526. The quantitative estimate of drug-likeness (QED) is 0.631. The zero-order valence-corrected chi connectivity index (χ0v) is 18.1. The van der Waals surface area contributed by atoms with E-state index >= 15 is 0 Å². The van der Waals surface area contributed by atoms with Gasteiger partial charge >= 0.3 is 0 Å². The summed E-state index contributed by atoms with van der Waals surface area (Å²) in [4.78, 5) is 28.3. The highest BCUT2D eigenvalue weighted by Gasteiger charge is 2.29. The number of amides is 1. The van der Waals surface area contributed by atoms with Crippen LogP contribution in [0.15, 0.2) is 10.7 Å². The first kappa shape index (κ1) is 20.3. The third-order valence-corrected chi connectivity index (χ3v) is 5.66. The van der Waals surface area contributed by atoms with Gasteiger partial charge in [0.2, 0.25) is 11.0 Å². The van der Waals surface area contributed by atoms with Crippen LogP contribution in [-0.2, 0) is 11.2 Å². The predicted molar refractivity (Wildman–Crippen MR) is 112 cm³/mol. The number of carbonyl (C=O) groups excluding carboxylic acids is 1. The number of rotatable bonds is 6. The lowest BCUT2D eigenvalue weighted by molar-refractivity contribution is -0.120. The molecule has 3 aromatic rings. The van der Waals surface area contributed by atoms with Gasteiger partial charge in [-0.25, -0.2) is 9.97 Å². The number of nitrogens with zero attached hydrogens (tertiary/aromatic N) is 7. The van der Waals surface area contributed by atoms with E-state index in [4.69, 9.17) is 4.52 Å². The van der Waals surface area contributed by atoms with E-state index in [1.165, 1.54) is 11.3 Å². The maximum atomic E-state index is 12.8. The van der Waals surface area contributed by atoms with Crippen LogP contribution in [-0.4, -0.2) is 49.3 Å². The van der Waals surface area contributed by atoms with Crippen molar-refractivity contribution in [2.45, 2.75) is 46.5 Å². The third-order valence-electron chi connectivity index (χ3n) is 4.91. The molecule has 158 valence electrons. The van der Waals surface area contributed by atoms with E-state index in [9.17, 15) is 4.79 Å². The average Bonchev–Trinajstić information content (AvgIpc) is 3.37. The normalized spacial score (nSPS) is 16.6. The number of anilines is 2. The van der Waals surface area contributed by atoms with Crippen molar-refractivity contribution >= 4 is 28.2 Å². The molecule has 1 amide bonds. The minimum Gasteiger partial charge on any atom is -0.355 e. The molecule has 3 aromatic heterocycles. The minimum absolute atomic E-state index is 0.0498. The van der Waals surface area contributed by atoms with Crippen LogP contribution in [0.1, 0.15) is 42.8 Å². The standard InChI is InChI=1S/C19H24N8O2S/c1-4-6-15-22-18(29-26-15)14-9-20-11(2)21-16(14)27-8-5-7-13(10-27)17(28)23-19-25-24-12(3)30-19/h9,13H,4-8,10H2,1-3H3,(H,23,25,28). The summed E-state index contributed by atoms with van der Waals surface area (Å²) in [5.74, 6) is 2.22. The van der Waals surface area contributed by atoms with Crippen molar-refractivity contribution < 1.29 is 9.32 Å². The van der Waals surface area contributed by atoms with Crippen LogP contribution in [0, 0.1) is 19.8 Å². The Kier molecular flexibility index (Phi) is 5.98. The van der Waals surface area contributed by atoms with Gasteiger partial charge in [-0.05, 0) is 33.1 Å². The Balaban J connectivity index is 1.55. The first-order valence-electron chi connectivity index (χ1n) is 10.1. The van der Waals surface area contributed by atoms with Crippen molar-refractivity contribution in [1.82, 2.24) is 30.3 Å². The number of aryl methyl sites for hydroxylation is 3. The highest BCUT2D eigenvalue weighted by atomic mass is 32.1. The van der Waals surface area contributed by atoms with Gasteiger partial charge in [0.05, 0.1) is 5.92 Å². The van der Waals surface area contributed by atoms with Gasteiger partial charge in [-0.15, -0.1) is 10.2 Å². The number of piperidine rings is 1. The molecule has 10 nitrogen and oxygen atoms in total. The third kappa shape index (κ3) is 4.45. The molecule has 1 aliphatic rings. The predicted octanol–water partition coefficient (Wildman–Crippen LogP) is 2.80. The molecule has 11 heteroatoms. The molecule has 0 aromatic carbocycles. The van der Waals surface area contributed by atoms with Crippen molar-refractivity contribution in [3.63, 3.8) is 0 Å². The van der Waals surface area contributed by atoms with Crippen LogP contribution < -0.4 is 10.2 Å². The Morgan fingerprint density at radius 1 is 1.33 bits per heavy atom. The summed E-state index contributed by atoms with van der Waals surface area (Å²) in [5.41, 5.74) is 0.691. The summed E-state index contributed by atoms with van der Waals surface area (Å²) in [6.07, 6.45) is 5.09. The van der Waals surface area contributed by atoms with Crippen LogP contribution in [0.3, 0.4) is 0 Å². The summed E-state index contributed by atoms with van der Waals surface area (Å²) < 4.78 is 5.47. The highest BCUT2D eigenvalue weighted by molar-refractivity contribution is 7.15. The van der Waals surface area contributed by atoms with Crippen molar-refractivity contribution in [3.8, 4) is 11.5 Å². The molecular formula is C19H24N8O2S. The fourth-order valence-electron chi connectivity index (χ4n) is 3.48. The molecular weight excluding hydrogens is 404 g/mol. The molecule has 0 bridgehead atoms. The average molecular weight is 429 g/mol. The van der Waals surface area contributed by atoms with E-state index in [2.05, 4.69) is 47.4 Å². The smallest absolute Gasteiger partial charge is 0.263 e. The molecule has 1 fully saturated rings. The molecule has 4 rings (SSSR count). The number of aromatic nitrogens is 6. The number of hydrogen-bond acceptors (Lipinski definition) is 10. The van der Waals surface area contributed by atoms with Gasteiger partial charge < -0.3 is 14.7 Å². The minimum atomic E-state index is -0.176. The van der Waals surface area contributed by atoms with E-state index in [1.807, 2.05) is 13.8 Å². The summed E-state index contributed by atoms with van der Waals surface area (Å²) >= 11 is 1.37. The summed E-state index contributed by atoms with van der Waals surface area (Å²) in [6.45, 7) is 7.11. The maximum Gasteiger partial charge on any atom is 0.263 e. The zero-order valence-electron chi connectivity index (χ0n) is 17.3. The van der Waals surface area contributed by atoms with Crippen molar-refractivity contribution in [3.05, 3.63) is 22.9 Å². The molecule has 4 heterocycles. The van der Waals surface area contributed by atoms with Crippen LogP contribution in [0.25, 0.3) is 11.5 Å². The summed E-state index contributed by atoms with van der Waals surface area (Å²) in [6, 6.07) is 0. The highest BCUT2D eigenvalue weighted by Crippen LogP contribution is 2.31. The zero-order chi connectivity index (χ0) is 21.1. The fourth-order valence-corrected chi connectivity index (χ4v) is 4.07. The molecule has 0 aliphatic carbocycles. The molecule has 0 saturated carbocycles. The van der Waals surface area contributed by atoms with Crippen LogP contribution in [0.4, 0.5) is 10.9 Å². The molecule has 0 radical (unpaired) electrons. The molecule has 1 unspecified atom stereocenters. The van der Waals surface area contributed by atoms with Gasteiger partial charge in [0.25, 0.3) is 5.89 Å². The second-order valence-electron chi connectivity index (χ2n) is 7.32. The summed E-state index contributed by atoms with van der Waals surface area (Å²) in [5, 5.41) is 16.2. The molecule has 1 atom stereocenters. The lowest BCUT2D eigenvalue weighted by atomic mass is 9.97. The van der Waals surface area contributed by atoms with E-state index in [-0.39, 0.29) is 11.8 Å². The van der Waals surface area contributed by atoms with Crippen LogP contribution in [0.5, 0.6) is 0 Å². The molecule has 1 saturated heterocycles. The lowest BCUT2D eigenvalue weighted by Gasteiger charge is -2.33. The molecule has 1 N–H and O–H groups in total. The SMILES string of the molecule is CCCc1noc(-c2cnc(C)nc2N2CCCC(C(=O)Nc3nnc(C)s3)C2)n1. The van der Waals surface area contributed by atoms with Crippen molar-refractivity contribution in [1.29, 1.82) is 0 Å². The van der Waals surface area contributed by atoms with Gasteiger partial charge in [-0.1, -0.05) is 23.4 Å². The number of hydrogen-bond donors (Lipinski definition) is 1. The molecule has 30 heavy (non-hydrogen) atoms. The Morgan fingerprint density at radius 3 is 2.97 bits per heavy atom. The lowest BCUT2D eigenvalue weighted by Crippen LogP contribution is -2.41. The first-order chi connectivity index (χ1) is 14.5. The molecule has 1 aliphatic heterocycles. The number of nitrogens with one attached hydrogen (secondary N) is 1. The Morgan fingerprint density at radius 2 is 2.20 bits per heavy atom. The van der Waals surface area contributed by atoms with E-state index in [0.717, 1.165) is 43.1 Å². The largest absolute Gasteiger partial charge is 0.355 e. The van der Waals surface area contributed by atoms with Gasteiger partial charge in [0.15, 0.2) is 5.82 Å². The van der Waals surface area contributed by atoms with Crippen molar-refractivity contribution in [2.24, 2.45) is 5.92 Å². The van der Waals surface area contributed by atoms with Gasteiger partial charge in [0.1, 0.15) is 22.2 Å². The van der Waals surface area contributed by atoms with Crippen LogP contribution >= 0.6 is 11.3 Å². The summed E-state index contributed by atoms with van der Waals surface area (Å²) in [7, 11) is 0. The molecule has 0 spiro atoms. The van der Waals surface area contributed by atoms with Crippen molar-refractivity contribution in [2.75, 3.05) is 23.3 Å². The Hall–Kier alpha value is -2.95. The van der Waals surface area contributed by atoms with E-state index in [1.54, 1.807) is 6.20 Å². The van der Waals surface area contributed by atoms with Gasteiger partial charge in [0, 0.05) is 25.7 Å². The van der Waals surface area contributed by atoms with E-state index in [0.29, 0.717) is 34.8 Å². The second kappa shape index (κ2) is 8.82. The number of carbonyl (C=O) groups is 1. The van der Waals surface area contributed by atoms with Gasteiger partial charge in [-0.2, -0.15) is 4.98 Å². The van der Waals surface area contributed by atoms with E-state index < -0.39 is 0 Å². The monoisotopic (exact) mass is 428 g/mol. The Labute approximate surface area is 178 Å². The van der Waals surface area contributed by atoms with Gasteiger partial charge in [-0.3, -0.25) is 4.79 Å². The first-order valence-corrected chi connectivity index (χ1v) is 10.9. The maximum absolute atomic E-state index is 12.8. The Bertz CT molecular complexity index is 1030. The van der Waals surface area contributed by atoms with Crippen LogP contribution in [0.2, 0.25) is 0 Å². The second-order valence-corrected chi connectivity index (χ2v) is 8.50. The topological polar surface area (TPSA) is 123 Å².